The summed E-state index contributed by atoms with van der Waals surface area (Å²) in [6.07, 6.45) is 13.6. The molecule has 0 saturated heterocycles. The predicted molar refractivity (Wildman–Crippen MR) is 252 cm³/mol. The van der Waals surface area contributed by atoms with Crippen LogP contribution in [0.2, 0.25) is 0 Å². The number of rotatable bonds is 13. The third-order valence-electron chi connectivity index (χ3n) is 9.26. The second-order valence-electron chi connectivity index (χ2n) is 13.5. The molecule has 14 nitrogen and oxygen atoms in total. The second kappa shape index (κ2) is 20.7. The Balaban J connectivity index is 0.000000197. The Labute approximate surface area is 370 Å². The third kappa shape index (κ3) is 11.7. The van der Waals surface area contributed by atoms with Gasteiger partial charge in [0.05, 0.1) is 11.4 Å². The van der Waals surface area contributed by atoms with Crippen molar-refractivity contribution >= 4 is 77.6 Å². The Hall–Kier alpha value is -8.02. The first-order valence-corrected chi connectivity index (χ1v) is 22.2. The lowest BCUT2D eigenvalue weighted by molar-refractivity contribution is 0.491. The number of nitrogens with zero attached hydrogens (tertiary/aromatic N) is 6. The molecule has 0 atom stereocenters. The van der Waals surface area contributed by atoms with Gasteiger partial charge in [-0.1, -0.05) is 176 Å². The Bertz CT molecular complexity index is 3130. The average Bonchev–Trinajstić information content (AvgIpc) is 3.31. The summed E-state index contributed by atoms with van der Waals surface area (Å²) in [6.45, 7) is 0. The van der Waals surface area contributed by atoms with Gasteiger partial charge >= 0.3 is 0 Å². The zero-order valence-corrected chi connectivity index (χ0v) is 35.3. The Kier molecular flexibility index (Phi) is 14.2. The van der Waals surface area contributed by atoms with Crippen LogP contribution in [-0.4, -0.2) is 55.8 Å². The maximum absolute atomic E-state index is 12.7. The number of aromatic nitrogens is 6. The molecule has 64 heavy (non-hydrogen) atoms. The fourth-order valence-corrected chi connectivity index (χ4v) is 8.67. The fraction of sp³-hybridized carbons (Fsp3) is 0. The van der Waals surface area contributed by atoms with Crippen LogP contribution in [0.1, 0.15) is 33.4 Å². The second-order valence-corrected chi connectivity index (χ2v) is 16.3. The zero-order valence-electron chi connectivity index (χ0n) is 33.7. The fourth-order valence-electron chi connectivity index (χ4n) is 6.46. The highest BCUT2D eigenvalue weighted by Crippen LogP contribution is 2.41. The van der Waals surface area contributed by atoms with Gasteiger partial charge in [-0.2, -0.15) is 16.8 Å². The van der Waals surface area contributed by atoms with Gasteiger partial charge in [0, 0.05) is 5.56 Å². The summed E-state index contributed by atoms with van der Waals surface area (Å²) in [6, 6.07) is 49.0. The van der Waals surface area contributed by atoms with E-state index in [9.17, 15) is 25.9 Å². The molecule has 2 heterocycles. The van der Waals surface area contributed by atoms with Gasteiger partial charge in [-0.25, -0.2) is 29.9 Å². The molecule has 0 radical (unpaired) electrons. The smallest absolute Gasteiger partial charge is 0.296 e. The summed E-state index contributed by atoms with van der Waals surface area (Å²) in [4.78, 5) is 21.1. The van der Waals surface area contributed by atoms with Gasteiger partial charge < -0.3 is 10.6 Å². The third-order valence-corrected chi connectivity index (χ3v) is 11.3. The highest BCUT2D eigenvalue weighted by atomic mass is 32.2. The quantitative estimate of drug-likeness (QED) is 0.0627. The average molecular weight is 887 g/mol. The molecule has 6 aromatic carbocycles. The molecule has 318 valence electrons. The minimum Gasteiger partial charge on any atom is -0.322 e. The first-order valence-electron chi connectivity index (χ1n) is 19.4. The van der Waals surface area contributed by atoms with Gasteiger partial charge in [-0.05, 0) is 45.0 Å². The molecule has 0 aliphatic carbocycles. The van der Waals surface area contributed by atoms with Crippen LogP contribution in [0.4, 0.5) is 23.3 Å². The predicted octanol–water partition coefficient (Wildman–Crippen LogP) is 9.84. The van der Waals surface area contributed by atoms with Crippen LogP contribution in [0, 0.1) is 0 Å². The molecule has 8 rings (SSSR count). The van der Waals surface area contributed by atoms with Gasteiger partial charge in [0.25, 0.3) is 20.2 Å². The highest BCUT2D eigenvalue weighted by molar-refractivity contribution is 8.01. The molecular formula is C48H38N8O6S2. The van der Waals surface area contributed by atoms with Crippen molar-refractivity contribution in [2.24, 2.45) is 0 Å². The van der Waals surface area contributed by atoms with Crippen molar-refractivity contribution in [1.29, 1.82) is 0 Å². The van der Waals surface area contributed by atoms with Gasteiger partial charge in [0.2, 0.25) is 11.9 Å². The molecule has 2 aromatic heterocycles. The van der Waals surface area contributed by atoms with Crippen LogP contribution in [0.5, 0.6) is 0 Å². The number of nitrogens with one attached hydrogen (secondary N) is 2. The van der Waals surface area contributed by atoms with Crippen LogP contribution in [0.15, 0.2) is 183 Å². The summed E-state index contributed by atoms with van der Waals surface area (Å²) >= 11 is 0. The topological polar surface area (TPSA) is 210 Å². The van der Waals surface area contributed by atoms with E-state index in [4.69, 9.17) is 0 Å². The van der Waals surface area contributed by atoms with Gasteiger partial charge in [0.1, 0.15) is 35.1 Å². The zero-order chi connectivity index (χ0) is 44.8. The number of para-hydroxylation sites is 1. The van der Waals surface area contributed by atoms with Crippen molar-refractivity contribution in [3.05, 3.63) is 216 Å². The summed E-state index contributed by atoms with van der Waals surface area (Å²) in [7, 11) is -10.5. The summed E-state index contributed by atoms with van der Waals surface area (Å²) in [5, 5.41) is 5.64. The first kappa shape index (κ1) is 44.0. The van der Waals surface area contributed by atoms with E-state index in [0.29, 0.717) is 0 Å². The van der Waals surface area contributed by atoms with Crippen LogP contribution in [-0.2, 0) is 20.2 Å². The normalized spacial score (nSPS) is 12.0. The van der Waals surface area contributed by atoms with Crippen LogP contribution in [0.3, 0.4) is 0 Å². The lowest BCUT2D eigenvalue weighted by Gasteiger charge is -2.19. The maximum Gasteiger partial charge on any atom is 0.296 e. The van der Waals surface area contributed by atoms with Gasteiger partial charge in [-0.3, -0.25) is 9.11 Å². The van der Waals surface area contributed by atoms with E-state index in [1.165, 1.54) is 101 Å². The molecule has 8 aromatic rings. The van der Waals surface area contributed by atoms with Crippen molar-refractivity contribution in [2.45, 2.75) is 0 Å². The lowest BCUT2D eigenvalue weighted by Crippen LogP contribution is -2.13. The number of hydrogen-bond donors (Lipinski definition) is 4. The largest absolute Gasteiger partial charge is 0.322 e. The Morgan fingerprint density at radius 3 is 1.50 bits per heavy atom. The highest BCUT2D eigenvalue weighted by Gasteiger charge is 2.33. The van der Waals surface area contributed by atoms with Crippen LogP contribution < -0.4 is 10.6 Å². The molecule has 0 fully saturated rings. The number of hydrogen-bond acceptors (Lipinski definition) is 12. The van der Waals surface area contributed by atoms with Crippen molar-refractivity contribution in [3.8, 4) is 11.1 Å². The molecule has 0 aliphatic heterocycles. The monoisotopic (exact) mass is 886 g/mol. The summed E-state index contributed by atoms with van der Waals surface area (Å²) < 4.78 is 70.5. The van der Waals surface area contributed by atoms with Gasteiger partial charge in [-0.15, -0.1) is 0 Å². The van der Waals surface area contributed by atoms with Crippen molar-refractivity contribution < 1.29 is 25.9 Å². The van der Waals surface area contributed by atoms with Crippen LogP contribution in [0.25, 0.3) is 45.2 Å². The minimum atomic E-state index is -5.27. The molecule has 0 amide bonds. The molecule has 0 unspecified atom stereocenters. The van der Waals surface area contributed by atoms with E-state index in [1.54, 1.807) is 6.07 Å². The molecule has 4 N–H and O–H groups in total. The number of anilines is 4. The molecule has 0 bridgehead atoms. The summed E-state index contributed by atoms with van der Waals surface area (Å²) in [5.74, 6) is 0.0234. The van der Waals surface area contributed by atoms with Crippen molar-refractivity contribution in [3.63, 3.8) is 0 Å². The van der Waals surface area contributed by atoms with E-state index in [1.807, 2.05) is 12.1 Å². The Morgan fingerprint density at radius 1 is 0.469 bits per heavy atom. The summed E-state index contributed by atoms with van der Waals surface area (Å²) in [5.41, 5.74) is 6.82. The Morgan fingerprint density at radius 2 is 0.953 bits per heavy atom. The molecular weight excluding hydrogens is 849 g/mol. The lowest BCUT2D eigenvalue weighted by atomic mass is 9.94. The molecule has 0 spiro atoms. The van der Waals surface area contributed by atoms with Crippen LogP contribution >= 0.6 is 0 Å². The van der Waals surface area contributed by atoms with E-state index in [2.05, 4.69) is 162 Å². The standard InChI is InChI=1S/C28H22.C20H16N8O6S2/c1-4-11-23(12-5-1)19-21-26-17-10-18-27(25-15-8-3-9-16-25)28(26)22-20-24-13-6-2-7-14-24;29-35(30,31)17(13-5-2-1-3-6-13)18(36(32,33)34)14-7-4-8-15(27-19-23-9-21-10-24-19)16(14)28-20-25-11-22-12-26-20/h1-22H;1-12H,(H,29,30,31)(H,32,33,34)(H,21,23,24,27)(H,22,25,26,28). The SMILES string of the molecule is C(=Cc1cccc(-c2ccccc2)c1C=Cc1ccccc1)c1ccccc1.O=S(=O)(O)C(=C(c1cccc(Nc2ncncn2)c1Nc1ncncn1)S(=O)(=O)O)c1ccccc1. The van der Waals surface area contributed by atoms with E-state index >= 15 is 0 Å². The van der Waals surface area contributed by atoms with Crippen molar-refractivity contribution in [1.82, 2.24) is 29.9 Å². The first-order chi connectivity index (χ1) is 31.0. The molecule has 0 saturated carbocycles. The van der Waals surface area contributed by atoms with Crippen molar-refractivity contribution in [2.75, 3.05) is 10.6 Å². The molecule has 0 aliphatic rings. The van der Waals surface area contributed by atoms with E-state index < -0.39 is 30.0 Å². The van der Waals surface area contributed by atoms with E-state index in [0.717, 1.165) is 0 Å². The maximum atomic E-state index is 12.7. The molecule has 16 heteroatoms. The minimum absolute atomic E-state index is 0.0426. The van der Waals surface area contributed by atoms with Gasteiger partial charge in [0.15, 0.2) is 0 Å². The number of benzene rings is 6. The van der Waals surface area contributed by atoms with E-state index in [-0.39, 0.29) is 34.4 Å².